The standard InChI is InChI=1S/C16H15N3O2/c1-21-16(20)15-14(18)12(8-17)9-19(15)13-6-5-10-3-2-4-11(10)7-13/h5-7,9H,2-4,18H2,1H3. The fourth-order valence-electron chi connectivity index (χ4n) is 2.83. The van der Waals surface area contributed by atoms with Crippen molar-refractivity contribution >= 4 is 11.7 Å². The Hall–Kier alpha value is -2.74. The van der Waals surface area contributed by atoms with Crippen LogP contribution >= 0.6 is 0 Å². The molecule has 21 heavy (non-hydrogen) atoms. The maximum absolute atomic E-state index is 12.0. The number of nitrogens with zero attached hydrogens (tertiary/aromatic N) is 2. The molecule has 0 unspecified atom stereocenters. The van der Waals surface area contributed by atoms with Crippen LogP contribution in [0.5, 0.6) is 0 Å². The minimum absolute atomic E-state index is 0.157. The monoisotopic (exact) mass is 281 g/mol. The van der Waals surface area contributed by atoms with Crippen LogP contribution in [0.4, 0.5) is 5.69 Å². The molecule has 1 aliphatic rings. The van der Waals surface area contributed by atoms with Crippen molar-refractivity contribution in [1.82, 2.24) is 4.57 Å². The van der Waals surface area contributed by atoms with Gasteiger partial charge in [0.2, 0.25) is 0 Å². The van der Waals surface area contributed by atoms with Gasteiger partial charge < -0.3 is 15.0 Å². The third-order valence-electron chi connectivity index (χ3n) is 3.90. The minimum Gasteiger partial charge on any atom is -0.464 e. The lowest BCUT2D eigenvalue weighted by atomic mass is 10.1. The van der Waals surface area contributed by atoms with E-state index in [1.54, 1.807) is 10.8 Å². The van der Waals surface area contributed by atoms with Gasteiger partial charge in [-0.25, -0.2) is 4.79 Å². The molecule has 1 aliphatic carbocycles. The summed E-state index contributed by atoms with van der Waals surface area (Å²) in [5.41, 5.74) is 9.99. The van der Waals surface area contributed by atoms with Gasteiger partial charge in [-0.1, -0.05) is 6.07 Å². The summed E-state index contributed by atoms with van der Waals surface area (Å²) in [4.78, 5) is 12.0. The number of benzene rings is 1. The quantitative estimate of drug-likeness (QED) is 0.856. The van der Waals surface area contributed by atoms with Gasteiger partial charge in [-0.05, 0) is 42.5 Å². The number of hydrogen-bond donors (Lipinski definition) is 1. The third-order valence-corrected chi connectivity index (χ3v) is 3.90. The summed E-state index contributed by atoms with van der Waals surface area (Å²) >= 11 is 0. The van der Waals surface area contributed by atoms with Crippen molar-refractivity contribution in [2.75, 3.05) is 12.8 Å². The first-order chi connectivity index (χ1) is 10.2. The highest BCUT2D eigenvalue weighted by Gasteiger charge is 2.22. The summed E-state index contributed by atoms with van der Waals surface area (Å²) in [6, 6.07) is 8.07. The van der Waals surface area contributed by atoms with Crippen LogP contribution in [0.1, 0.15) is 33.6 Å². The average molecular weight is 281 g/mol. The lowest BCUT2D eigenvalue weighted by Crippen LogP contribution is -2.11. The maximum Gasteiger partial charge on any atom is 0.357 e. The van der Waals surface area contributed by atoms with Crippen molar-refractivity contribution in [2.24, 2.45) is 0 Å². The van der Waals surface area contributed by atoms with E-state index in [2.05, 4.69) is 12.1 Å². The Labute approximate surface area is 122 Å². The number of nitrogen functional groups attached to an aromatic ring is 1. The highest BCUT2D eigenvalue weighted by Crippen LogP contribution is 2.28. The van der Waals surface area contributed by atoms with E-state index in [1.807, 2.05) is 12.1 Å². The number of fused-ring (bicyclic) bond motifs is 1. The summed E-state index contributed by atoms with van der Waals surface area (Å²) in [6.45, 7) is 0. The molecule has 3 rings (SSSR count). The molecule has 2 aromatic rings. The number of aromatic nitrogens is 1. The molecular formula is C16H15N3O2. The van der Waals surface area contributed by atoms with Gasteiger partial charge in [-0.3, -0.25) is 0 Å². The number of methoxy groups -OCH3 is 1. The van der Waals surface area contributed by atoms with E-state index in [9.17, 15) is 4.79 Å². The SMILES string of the molecule is COC(=O)c1c(N)c(C#N)cn1-c1ccc2c(c1)CCC2. The van der Waals surface area contributed by atoms with Crippen LogP contribution in [0.15, 0.2) is 24.4 Å². The zero-order chi connectivity index (χ0) is 15.0. The number of esters is 1. The second-order valence-corrected chi connectivity index (χ2v) is 5.09. The molecule has 0 amide bonds. The van der Waals surface area contributed by atoms with E-state index in [0.717, 1.165) is 24.9 Å². The van der Waals surface area contributed by atoms with Gasteiger partial charge in [0.25, 0.3) is 0 Å². The smallest absolute Gasteiger partial charge is 0.357 e. The molecule has 1 aromatic heterocycles. The molecule has 0 fully saturated rings. The topological polar surface area (TPSA) is 81.0 Å². The predicted molar refractivity (Wildman–Crippen MR) is 78.3 cm³/mol. The van der Waals surface area contributed by atoms with Crippen LogP contribution in [0.3, 0.4) is 0 Å². The van der Waals surface area contributed by atoms with Gasteiger partial charge in [-0.15, -0.1) is 0 Å². The first-order valence-corrected chi connectivity index (χ1v) is 6.77. The fourth-order valence-corrected chi connectivity index (χ4v) is 2.83. The van der Waals surface area contributed by atoms with Crippen LogP contribution in [0.2, 0.25) is 0 Å². The fraction of sp³-hybridized carbons (Fsp3) is 0.250. The van der Waals surface area contributed by atoms with Crippen molar-refractivity contribution in [1.29, 1.82) is 5.26 Å². The van der Waals surface area contributed by atoms with Gasteiger partial charge in [0.05, 0.1) is 18.4 Å². The van der Waals surface area contributed by atoms with E-state index in [0.29, 0.717) is 0 Å². The van der Waals surface area contributed by atoms with Crippen LogP contribution in [-0.2, 0) is 17.6 Å². The Morgan fingerprint density at radius 2 is 2.14 bits per heavy atom. The number of nitrogens with two attached hydrogens (primary N) is 1. The maximum atomic E-state index is 12.0. The molecule has 106 valence electrons. The lowest BCUT2D eigenvalue weighted by molar-refractivity contribution is 0.0593. The van der Waals surface area contributed by atoms with Gasteiger partial charge in [0.1, 0.15) is 6.07 Å². The largest absolute Gasteiger partial charge is 0.464 e. The summed E-state index contributed by atoms with van der Waals surface area (Å²) in [5.74, 6) is -0.547. The van der Waals surface area contributed by atoms with Crippen molar-refractivity contribution < 1.29 is 9.53 Å². The van der Waals surface area contributed by atoms with E-state index in [-0.39, 0.29) is 16.9 Å². The second kappa shape index (κ2) is 4.98. The minimum atomic E-state index is -0.547. The first-order valence-electron chi connectivity index (χ1n) is 6.77. The van der Waals surface area contributed by atoms with E-state index < -0.39 is 5.97 Å². The number of anilines is 1. The van der Waals surface area contributed by atoms with E-state index in [4.69, 9.17) is 15.7 Å². The summed E-state index contributed by atoms with van der Waals surface area (Å²) in [7, 11) is 1.30. The molecule has 1 aromatic carbocycles. The third kappa shape index (κ3) is 2.05. The van der Waals surface area contributed by atoms with Crippen molar-refractivity contribution in [3.8, 4) is 11.8 Å². The van der Waals surface area contributed by atoms with Crippen molar-refractivity contribution in [2.45, 2.75) is 19.3 Å². The number of aryl methyl sites for hydroxylation is 2. The highest BCUT2D eigenvalue weighted by molar-refractivity contribution is 5.95. The molecular weight excluding hydrogens is 266 g/mol. The molecule has 0 saturated carbocycles. The number of carbonyl (C=O) groups is 1. The molecule has 0 radical (unpaired) electrons. The number of rotatable bonds is 2. The van der Waals surface area contributed by atoms with Crippen LogP contribution in [0.25, 0.3) is 5.69 Å². The predicted octanol–water partition coefficient (Wildman–Crippen LogP) is 2.21. The number of carbonyl (C=O) groups excluding carboxylic acids is 1. The van der Waals surface area contributed by atoms with Crippen LogP contribution in [-0.4, -0.2) is 17.6 Å². The molecule has 0 spiro atoms. The number of nitriles is 1. The van der Waals surface area contributed by atoms with Gasteiger partial charge in [-0.2, -0.15) is 5.26 Å². The van der Waals surface area contributed by atoms with Gasteiger partial charge in [0.15, 0.2) is 5.69 Å². The first kappa shape index (κ1) is 13.3. The molecule has 1 heterocycles. The van der Waals surface area contributed by atoms with Gasteiger partial charge in [0, 0.05) is 11.9 Å². The Balaban J connectivity index is 2.18. The van der Waals surface area contributed by atoms with Crippen LogP contribution in [0, 0.1) is 11.3 Å². The Bertz CT molecular complexity index is 769. The van der Waals surface area contributed by atoms with Crippen molar-refractivity contribution in [3.05, 3.63) is 46.8 Å². The van der Waals surface area contributed by atoms with E-state index in [1.165, 1.54) is 18.2 Å². The molecule has 0 saturated heterocycles. The van der Waals surface area contributed by atoms with Gasteiger partial charge >= 0.3 is 5.97 Å². The van der Waals surface area contributed by atoms with Crippen LogP contribution < -0.4 is 5.73 Å². The molecule has 0 bridgehead atoms. The summed E-state index contributed by atoms with van der Waals surface area (Å²) in [5, 5.41) is 9.12. The Kier molecular flexibility index (Phi) is 3.15. The lowest BCUT2D eigenvalue weighted by Gasteiger charge is -2.10. The van der Waals surface area contributed by atoms with E-state index >= 15 is 0 Å². The Morgan fingerprint density at radius 1 is 1.38 bits per heavy atom. The zero-order valence-electron chi connectivity index (χ0n) is 11.7. The van der Waals surface area contributed by atoms with Crippen molar-refractivity contribution in [3.63, 3.8) is 0 Å². The average Bonchev–Trinajstić information content (AvgIpc) is 3.09. The normalized spacial score (nSPS) is 12.8. The molecule has 5 nitrogen and oxygen atoms in total. The second-order valence-electron chi connectivity index (χ2n) is 5.09. The Morgan fingerprint density at radius 3 is 2.86 bits per heavy atom. The molecule has 0 atom stereocenters. The summed E-state index contributed by atoms with van der Waals surface area (Å²) in [6.07, 6.45) is 4.87. The number of hydrogen-bond acceptors (Lipinski definition) is 4. The highest BCUT2D eigenvalue weighted by atomic mass is 16.5. The molecule has 0 aliphatic heterocycles. The zero-order valence-corrected chi connectivity index (χ0v) is 11.7. The summed E-state index contributed by atoms with van der Waals surface area (Å²) < 4.78 is 6.42. The number of ether oxygens (including phenoxy) is 1. The molecule has 2 N–H and O–H groups in total. The molecule has 5 heteroatoms.